The minimum Gasteiger partial charge on any atom is -0.459 e. The van der Waals surface area contributed by atoms with Gasteiger partial charge in [-0.1, -0.05) is 32.9 Å². The van der Waals surface area contributed by atoms with Crippen LogP contribution in [0.4, 0.5) is 0 Å². The molecule has 31 heavy (non-hydrogen) atoms. The maximum Gasteiger partial charge on any atom is 0.489 e. The molecular weight excluding hydrogens is 417 g/mol. The Labute approximate surface area is 185 Å². The van der Waals surface area contributed by atoms with Crippen LogP contribution >= 0.6 is 0 Å². The molecule has 0 radical (unpaired) electrons. The van der Waals surface area contributed by atoms with Crippen molar-refractivity contribution in [1.29, 1.82) is 0 Å². The smallest absolute Gasteiger partial charge is 0.459 e. The fraction of sp³-hybridized carbons (Fsp3) is 0.682. The van der Waals surface area contributed by atoms with E-state index in [0.717, 1.165) is 18.4 Å². The van der Waals surface area contributed by atoms with Gasteiger partial charge in [-0.2, -0.15) is 4.72 Å². The third-order valence-corrected chi connectivity index (χ3v) is 8.92. The number of esters is 1. The van der Waals surface area contributed by atoms with Crippen molar-refractivity contribution in [1.82, 2.24) is 4.72 Å². The van der Waals surface area contributed by atoms with Crippen molar-refractivity contribution < 1.29 is 28.0 Å². The Morgan fingerprint density at radius 2 is 1.90 bits per heavy atom. The molecular formula is C22H34BNO6S. The van der Waals surface area contributed by atoms with Crippen LogP contribution in [0, 0.1) is 17.3 Å². The van der Waals surface area contributed by atoms with E-state index < -0.39 is 35.3 Å². The topological polar surface area (TPSA) is 113 Å². The standard InChI is InChI=1S/C22H34BNO6S/c1-14-7-8-16-12-22(14,21(16,5)6)15-9-10-18(17(11-15)23(26)27)31(28,29)24-13-19(25)30-20(2,3)4/h9-11,14,16,24,26-27H,7-8,12-13H2,1-6H3. The first-order valence-electron chi connectivity index (χ1n) is 10.8. The number of carbonyl (C=O) groups is 1. The van der Waals surface area contributed by atoms with Crippen molar-refractivity contribution >= 4 is 28.6 Å². The van der Waals surface area contributed by atoms with E-state index in [1.807, 2.05) is 0 Å². The Morgan fingerprint density at radius 1 is 1.26 bits per heavy atom. The Kier molecular flexibility index (Phi) is 6.15. The Bertz CT molecular complexity index is 969. The van der Waals surface area contributed by atoms with Crippen molar-refractivity contribution in [2.45, 2.75) is 76.7 Å². The molecule has 4 rings (SSSR count). The van der Waals surface area contributed by atoms with Gasteiger partial charge >= 0.3 is 13.1 Å². The highest BCUT2D eigenvalue weighted by Gasteiger charge is 2.65. The predicted octanol–water partition coefficient (Wildman–Crippen LogP) is 1.70. The molecule has 3 fully saturated rings. The van der Waals surface area contributed by atoms with Gasteiger partial charge < -0.3 is 14.8 Å². The summed E-state index contributed by atoms with van der Waals surface area (Å²) in [6, 6.07) is 4.82. The molecule has 3 aliphatic rings. The molecule has 2 bridgehead atoms. The number of fused-ring (bicyclic) bond motifs is 2. The van der Waals surface area contributed by atoms with Crippen LogP contribution in [0.15, 0.2) is 23.1 Å². The van der Waals surface area contributed by atoms with Crippen molar-refractivity contribution in [2.24, 2.45) is 17.3 Å². The van der Waals surface area contributed by atoms with Crippen LogP contribution < -0.4 is 10.2 Å². The number of sulfonamides is 1. The molecule has 3 atom stereocenters. The number of hydrogen-bond acceptors (Lipinski definition) is 6. The first-order valence-corrected chi connectivity index (χ1v) is 12.3. The van der Waals surface area contributed by atoms with E-state index in [0.29, 0.717) is 11.8 Å². The van der Waals surface area contributed by atoms with Gasteiger partial charge in [0, 0.05) is 10.9 Å². The van der Waals surface area contributed by atoms with Crippen LogP contribution in [0.1, 0.15) is 66.4 Å². The lowest BCUT2D eigenvalue weighted by Gasteiger charge is -2.69. The quantitative estimate of drug-likeness (QED) is 0.448. The minimum absolute atomic E-state index is 0.0533. The first-order chi connectivity index (χ1) is 14.1. The number of benzene rings is 1. The Hall–Kier alpha value is -1.42. The average Bonchev–Trinajstić information content (AvgIpc) is 2.64. The van der Waals surface area contributed by atoms with Gasteiger partial charge in [0.05, 0.1) is 4.90 Å². The highest BCUT2D eigenvalue weighted by atomic mass is 32.2. The number of nitrogens with one attached hydrogen (secondary N) is 1. The summed E-state index contributed by atoms with van der Waals surface area (Å²) in [6.45, 7) is 11.2. The van der Waals surface area contributed by atoms with Crippen LogP contribution in [0.3, 0.4) is 0 Å². The molecule has 0 amide bonds. The summed E-state index contributed by atoms with van der Waals surface area (Å²) >= 11 is 0. The monoisotopic (exact) mass is 451 g/mol. The molecule has 3 aliphatic carbocycles. The van der Waals surface area contributed by atoms with Gasteiger partial charge in [0.15, 0.2) is 0 Å². The molecule has 3 unspecified atom stereocenters. The molecule has 1 aromatic carbocycles. The molecule has 7 nitrogen and oxygen atoms in total. The van der Waals surface area contributed by atoms with Crippen LogP contribution in [0.25, 0.3) is 0 Å². The normalized spacial score (nSPS) is 27.4. The number of ether oxygens (including phenoxy) is 1. The second-order valence-electron chi connectivity index (χ2n) is 10.6. The van der Waals surface area contributed by atoms with E-state index in [9.17, 15) is 23.3 Å². The zero-order valence-corrected chi connectivity index (χ0v) is 20.0. The number of rotatable bonds is 6. The van der Waals surface area contributed by atoms with E-state index in [1.165, 1.54) is 12.5 Å². The summed E-state index contributed by atoms with van der Waals surface area (Å²) in [7, 11) is -6.11. The zero-order chi connectivity index (χ0) is 23.4. The largest absolute Gasteiger partial charge is 0.489 e. The van der Waals surface area contributed by atoms with Crippen molar-refractivity contribution in [2.75, 3.05) is 6.54 Å². The van der Waals surface area contributed by atoms with E-state index in [2.05, 4.69) is 25.5 Å². The Morgan fingerprint density at radius 3 is 2.42 bits per heavy atom. The molecule has 0 spiro atoms. The molecule has 3 saturated carbocycles. The van der Waals surface area contributed by atoms with E-state index >= 15 is 0 Å². The average molecular weight is 451 g/mol. The molecule has 9 heteroatoms. The van der Waals surface area contributed by atoms with Crippen LogP contribution in [0.2, 0.25) is 0 Å². The maximum atomic E-state index is 12.9. The van der Waals surface area contributed by atoms with Crippen LogP contribution in [-0.4, -0.2) is 43.7 Å². The SMILES string of the molecule is CC1CCC2CC1(c1ccc(S(=O)(=O)NCC(=O)OC(C)(C)C)c(B(O)O)c1)C2(C)C. The van der Waals surface area contributed by atoms with E-state index in [-0.39, 0.29) is 21.2 Å². The van der Waals surface area contributed by atoms with E-state index in [4.69, 9.17) is 4.74 Å². The third-order valence-electron chi connectivity index (χ3n) is 7.45. The van der Waals surface area contributed by atoms with E-state index in [1.54, 1.807) is 32.9 Å². The second kappa shape index (κ2) is 7.87. The summed E-state index contributed by atoms with van der Waals surface area (Å²) < 4.78 is 33.1. The summed E-state index contributed by atoms with van der Waals surface area (Å²) in [5.74, 6) is 0.310. The predicted molar refractivity (Wildman–Crippen MR) is 119 cm³/mol. The fourth-order valence-electron chi connectivity index (χ4n) is 5.79. The van der Waals surface area contributed by atoms with Gasteiger partial charge in [-0.15, -0.1) is 0 Å². The van der Waals surface area contributed by atoms with Gasteiger partial charge in [-0.3, -0.25) is 4.79 Å². The number of hydrogen-bond donors (Lipinski definition) is 3. The lowest BCUT2D eigenvalue weighted by atomic mass is 9.35. The molecule has 0 aliphatic heterocycles. The van der Waals surface area contributed by atoms with Crippen LogP contribution in [-0.2, 0) is 25.0 Å². The molecule has 0 heterocycles. The maximum absolute atomic E-state index is 12.9. The lowest BCUT2D eigenvalue weighted by Crippen LogP contribution is -2.64. The molecule has 0 aromatic heterocycles. The Balaban J connectivity index is 1.92. The minimum atomic E-state index is -4.15. The van der Waals surface area contributed by atoms with Gasteiger partial charge in [-0.25, -0.2) is 8.42 Å². The molecule has 3 N–H and O–H groups in total. The lowest BCUT2D eigenvalue weighted by molar-refractivity contribution is -0.153. The zero-order valence-electron chi connectivity index (χ0n) is 19.2. The molecule has 172 valence electrons. The van der Waals surface area contributed by atoms with Gasteiger partial charge in [0.1, 0.15) is 12.1 Å². The number of carbonyl (C=O) groups excluding carboxylic acids is 1. The highest BCUT2D eigenvalue weighted by Crippen LogP contribution is 2.70. The first kappa shape index (κ1) is 24.2. The van der Waals surface area contributed by atoms with Crippen molar-refractivity contribution in [3.8, 4) is 0 Å². The highest BCUT2D eigenvalue weighted by molar-refractivity contribution is 7.89. The van der Waals surface area contributed by atoms with Crippen LogP contribution in [0.5, 0.6) is 0 Å². The van der Waals surface area contributed by atoms with Gasteiger partial charge in [0.2, 0.25) is 10.0 Å². The summed E-state index contributed by atoms with van der Waals surface area (Å²) in [6.07, 6.45) is 3.31. The second-order valence-corrected chi connectivity index (χ2v) is 12.3. The van der Waals surface area contributed by atoms with Gasteiger partial charge in [-0.05, 0) is 68.9 Å². The molecule has 0 saturated heterocycles. The summed E-state index contributed by atoms with van der Waals surface area (Å²) in [5, 5.41) is 20.0. The molecule has 1 aromatic rings. The third kappa shape index (κ3) is 4.17. The summed E-state index contributed by atoms with van der Waals surface area (Å²) in [5.41, 5.74) is 0.0551. The summed E-state index contributed by atoms with van der Waals surface area (Å²) in [4.78, 5) is 11.7. The van der Waals surface area contributed by atoms with Crippen molar-refractivity contribution in [3.05, 3.63) is 23.8 Å². The van der Waals surface area contributed by atoms with Gasteiger partial charge in [0.25, 0.3) is 0 Å². The van der Waals surface area contributed by atoms with Crippen molar-refractivity contribution in [3.63, 3.8) is 0 Å². The fourth-order valence-corrected chi connectivity index (χ4v) is 6.98.